The zero-order valence-corrected chi connectivity index (χ0v) is 5.01. The lowest BCUT2D eigenvalue weighted by molar-refractivity contribution is 0.101. The molecule has 3 N–H and O–H groups in total. The molecule has 1 rings (SSSR count). The van der Waals surface area contributed by atoms with Gasteiger partial charge in [-0.2, -0.15) is 0 Å². The van der Waals surface area contributed by atoms with Crippen molar-refractivity contribution in [2.75, 3.05) is 5.73 Å². The van der Waals surface area contributed by atoms with Gasteiger partial charge in [-0.15, -0.1) is 0 Å². The molecule has 0 aromatic carbocycles. The SMILES string of the molecule is CC(=O)c1nc[nH]c1N. The topological polar surface area (TPSA) is 71.8 Å². The lowest BCUT2D eigenvalue weighted by Crippen LogP contribution is -1.97. The maximum absolute atomic E-state index is 10.6. The van der Waals surface area contributed by atoms with Crippen molar-refractivity contribution in [1.29, 1.82) is 0 Å². The lowest BCUT2D eigenvalue weighted by Gasteiger charge is -1.86. The van der Waals surface area contributed by atoms with Gasteiger partial charge in [0.1, 0.15) is 11.5 Å². The number of carbonyl (C=O) groups is 1. The van der Waals surface area contributed by atoms with Gasteiger partial charge in [0, 0.05) is 6.92 Å². The quantitative estimate of drug-likeness (QED) is 0.526. The molecule has 0 aliphatic carbocycles. The largest absolute Gasteiger partial charge is 0.383 e. The minimum atomic E-state index is -0.117. The van der Waals surface area contributed by atoms with Crippen molar-refractivity contribution in [1.82, 2.24) is 9.97 Å². The molecule has 0 spiro atoms. The van der Waals surface area contributed by atoms with E-state index in [0.717, 1.165) is 0 Å². The second kappa shape index (κ2) is 1.89. The zero-order valence-electron chi connectivity index (χ0n) is 5.01. The molecular weight excluding hydrogens is 118 g/mol. The number of aromatic nitrogens is 2. The second-order valence-electron chi connectivity index (χ2n) is 1.72. The predicted octanol–water partition coefficient (Wildman–Crippen LogP) is 0.195. The summed E-state index contributed by atoms with van der Waals surface area (Å²) in [6, 6.07) is 0. The summed E-state index contributed by atoms with van der Waals surface area (Å²) in [5, 5.41) is 0. The van der Waals surface area contributed by atoms with E-state index >= 15 is 0 Å². The van der Waals surface area contributed by atoms with E-state index in [-0.39, 0.29) is 5.78 Å². The molecule has 0 aliphatic rings. The van der Waals surface area contributed by atoms with Gasteiger partial charge in [0.15, 0.2) is 5.78 Å². The van der Waals surface area contributed by atoms with Gasteiger partial charge in [-0.1, -0.05) is 0 Å². The first-order valence-corrected chi connectivity index (χ1v) is 2.51. The number of anilines is 1. The molecule has 0 saturated carbocycles. The number of aromatic amines is 1. The third-order valence-corrected chi connectivity index (χ3v) is 1.00. The maximum Gasteiger partial charge on any atom is 0.181 e. The third-order valence-electron chi connectivity index (χ3n) is 1.00. The van der Waals surface area contributed by atoms with E-state index < -0.39 is 0 Å². The van der Waals surface area contributed by atoms with Crippen LogP contribution in [0, 0.1) is 0 Å². The number of rotatable bonds is 1. The molecule has 0 bridgehead atoms. The van der Waals surface area contributed by atoms with E-state index in [2.05, 4.69) is 9.97 Å². The van der Waals surface area contributed by atoms with Gasteiger partial charge in [0.05, 0.1) is 6.33 Å². The third kappa shape index (κ3) is 0.910. The Morgan fingerprint density at radius 3 is 2.78 bits per heavy atom. The smallest absolute Gasteiger partial charge is 0.181 e. The molecule has 0 amide bonds. The highest BCUT2D eigenvalue weighted by molar-refractivity contribution is 5.96. The van der Waals surface area contributed by atoms with Crippen LogP contribution in [-0.2, 0) is 0 Å². The van der Waals surface area contributed by atoms with Crippen LogP contribution in [0.3, 0.4) is 0 Å². The number of Topliss-reactive ketones (excluding diaryl/α,β-unsaturated/α-hetero) is 1. The molecule has 48 valence electrons. The number of hydrogen-bond acceptors (Lipinski definition) is 3. The molecule has 0 atom stereocenters. The van der Waals surface area contributed by atoms with Gasteiger partial charge in [-0.05, 0) is 0 Å². The van der Waals surface area contributed by atoms with E-state index in [0.29, 0.717) is 11.5 Å². The Morgan fingerprint density at radius 2 is 2.56 bits per heavy atom. The molecule has 9 heavy (non-hydrogen) atoms. The molecule has 4 heteroatoms. The second-order valence-corrected chi connectivity index (χ2v) is 1.72. The Labute approximate surface area is 52.1 Å². The lowest BCUT2D eigenvalue weighted by atomic mass is 10.3. The highest BCUT2D eigenvalue weighted by atomic mass is 16.1. The number of hydrogen-bond donors (Lipinski definition) is 2. The molecule has 0 radical (unpaired) electrons. The molecule has 4 nitrogen and oxygen atoms in total. The Morgan fingerprint density at radius 1 is 1.89 bits per heavy atom. The van der Waals surface area contributed by atoms with Gasteiger partial charge in [-0.25, -0.2) is 4.98 Å². The molecule has 0 aliphatic heterocycles. The highest BCUT2D eigenvalue weighted by Crippen LogP contribution is 2.03. The predicted molar refractivity (Wildman–Crippen MR) is 33.0 cm³/mol. The van der Waals surface area contributed by atoms with Gasteiger partial charge < -0.3 is 10.7 Å². The van der Waals surface area contributed by atoms with E-state index in [1.165, 1.54) is 13.3 Å². The Balaban J connectivity index is 3.08. The van der Waals surface area contributed by atoms with Crippen molar-refractivity contribution in [3.05, 3.63) is 12.0 Å². The fourth-order valence-electron chi connectivity index (χ4n) is 0.585. The highest BCUT2D eigenvalue weighted by Gasteiger charge is 2.04. The number of nitrogens with two attached hydrogens (primary N) is 1. The number of nitrogens with one attached hydrogen (secondary N) is 1. The maximum atomic E-state index is 10.6. The van der Waals surface area contributed by atoms with Crippen LogP contribution in [-0.4, -0.2) is 15.8 Å². The summed E-state index contributed by atoms with van der Waals surface area (Å²) in [5.74, 6) is 0.219. The Hall–Kier alpha value is -1.32. The van der Waals surface area contributed by atoms with E-state index in [4.69, 9.17) is 5.73 Å². The number of carbonyl (C=O) groups excluding carboxylic acids is 1. The number of nitrogen functional groups attached to an aromatic ring is 1. The summed E-state index contributed by atoms with van der Waals surface area (Å²) < 4.78 is 0. The van der Waals surface area contributed by atoms with Gasteiger partial charge in [0.2, 0.25) is 0 Å². The zero-order chi connectivity index (χ0) is 6.85. The number of H-pyrrole nitrogens is 1. The van der Waals surface area contributed by atoms with Gasteiger partial charge >= 0.3 is 0 Å². The average molecular weight is 125 g/mol. The summed E-state index contributed by atoms with van der Waals surface area (Å²) in [4.78, 5) is 16.8. The monoisotopic (exact) mass is 125 g/mol. The van der Waals surface area contributed by atoms with Crippen molar-refractivity contribution >= 4 is 11.6 Å². The number of imidazole rings is 1. The van der Waals surface area contributed by atoms with E-state index in [9.17, 15) is 4.79 Å². The molecule has 0 saturated heterocycles. The van der Waals surface area contributed by atoms with Crippen LogP contribution in [0.4, 0.5) is 5.82 Å². The first kappa shape index (κ1) is 5.81. The van der Waals surface area contributed by atoms with E-state index in [1.54, 1.807) is 0 Å². The Kier molecular flexibility index (Phi) is 1.22. The normalized spacial score (nSPS) is 9.44. The number of nitrogens with zero attached hydrogens (tertiary/aromatic N) is 1. The minimum absolute atomic E-state index is 0.117. The van der Waals surface area contributed by atoms with E-state index in [1.807, 2.05) is 0 Å². The van der Waals surface area contributed by atoms with Crippen molar-refractivity contribution in [2.45, 2.75) is 6.92 Å². The summed E-state index contributed by atoms with van der Waals surface area (Å²) in [6.45, 7) is 1.42. The van der Waals surface area contributed by atoms with Crippen LogP contribution < -0.4 is 5.73 Å². The van der Waals surface area contributed by atoms with Crippen LogP contribution in [0.5, 0.6) is 0 Å². The van der Waals surface area contributed by atoms with Crippen LogP contribution in [0.15, 0.2) is 6.33 Å². The average Bonchev–Trinajstić information content (AvgIpc) is 2.13. The van der Waals surface area contributed by atoms with Gasteiger partial charge in [0.25, 0.3) is 0 Å². The Bertz CT molecular complexity index is 228. The first-order valence-electron chi connectivity index (χ1n) is 2.51. The molecular formula is C5H7N3O. The fourth-order valence-corrected chi connectivity index (χ4v) is 0.585. The minimum Gasteiger partial charge on any atom is -0.383 e. The van der Waals surface area contributed by atoms with Crippen molar-refractivity contribution in [3.63, 3.8) is 0 Å². The molecule has 1 aromatic rings. The first-order chi connectivity index (χ1) is 4.22. The summed E-state index contributed by atoms with van der Waals surface area (Å²) >= 11 is 0. The number of ketones is 1. The standard InChI is InChI=1S/C5H7N3O/c1-3(9)4-5(6)8-2-7-4/h2H,6H2,1H3,(H,7,8). The summed E-state index contributed by atoms with van der Waals surface area (Å²) in [6.07, 6.45) is 1.39. The summed E-state index contributed by atoms with van der Waals surface area (Å²) in [5.41, 5.74) is 5.62. The van der Waals surface area contributed by atoms with Crippen molar-refractivity contribution in [3.8, 4) is 0 Å². The molecule has 0 unspecified atom stereocenters. The van der Waals surface area contributed by atoms with Crippen molar-refractivity contribution < 1.29 is 4.79 Å². The van der Waals surface area contributed by atoms with Crippen LogP contribution in [0.25, 0.3) is 0 Å². The molecule has 1 heterocycles. The molecule has 1 aromatic heterocycles. The van der Waals surface area contributed by atoms with Crippen LogP contribution >= 0.6 is 0 Å². The van der Waals surface area contributed by atoms with Gasteiger partial charge in [-0.3, -0.25) is 4.79 Å². The molecule has 0 fully saturated rings. The fraction of sp³-hybridized carbons (Fsp3) is 0.200. The summed E-state index contributed by atoms with van der Waals surface area (Å²) in [7, 11) is 0. The van der Waals surface area contributed by atoms with Crippen LogP contribution in [0.1, 0.15) is 17.4 Å². The van der Waals surface area contributed by atoms with Crippen LogP contribution in [0.2, 0.25) is 0 Å². The van der Waals surface area contributed by atoms with Crippen molar-refractivity contribution in [2.24, 2.45) is 0 Å².